The number of ether oxygens (including phenoxy) is 2. The average molecular weight is 736 g/mol. The molecule has 0 spiro atoms. The first-order chi connectivity index (χ1) is 23.2. The number of hydrogen-bond donors (Lipinski definition) is 2. The molecule has 268 valence electrons. The average Bonchev–Trinajstić information content (AvgIpc) is 3.05. The molecule has 0 saturated carbocycles. The second-order valence-electron chi connectivity index (χ2n) is 10.6. The van der Waals surface area contributed by atoms with Gasteiger partial charge in [0, 0.05) is 28.7 Å². The zero-order valence-corrected chi connectivity index (χ0v) is 26.7. The molecule has 2 N–H and O–H groups in total. The van der Waals surface area contributed by atoms with Gasteiger partial charge in [-0.25, -0.2) is 4.79 Å². The molecule has 16 heteroatoms. The highest BCUT2D eigenvalue weighted by atomic mass is 35.5. The molecular formula is C34H27ClF9NO5. The molecule has 1 atom stereocenters. The van der Waals surface area contributed by atoms with Gasteiger partial charge in [-0.15, -0.1) is 0 Å². The van der Waals surface area contributed by atoms with Gasteiger partial charge in [-0.2, -0.15) is 39.5 Å². The zero-order valence-electron chi connectivity index (χ0n) is 25.9. The molecule has 6 nitrogen and oxygen atoms in total. The summed E-state index contributed by atoms with van der Waals surface area (Å²) in [6.45, 7) is 1.50. The predicted molar refractivity (Wildman–Crippen MR) is 166 cm³/mol. The van der Waals surface area contributed by atoms with Crippen LogP contribution in [0, 0.1) is 0 Å². The third kappa shape index (κ3) is 10.9. The van der Waals surface area contributed by atoms with E-state index in [0.29, 0.717) is 40.1 Å². The van der Waals surface area contributed by atoms with E-state index in [4.69, 9.17) is 21.4 Å². The number of aromatic carboxylic acids is 1. The Balaban J connectivity index is 0.000000279. The van der Waals surface area contributed by atoms with Crippen molar-refractivity contribution in [2.45, 2.75) is 38.0 Å². The van der Waals surface area contributed by atoms with Crippen molar-refractivity contribution in [1.29, 1.82) is 0 Å². The number of halogens is 10. The normalized spacial score (nSPS) is 12.4. The summed E-state index contributed by atoms with van der Waals surface area (Å²) in [5, 5.41) is 12.0. The minimum Gasteiger partial charge on any atom is -0.496 e. The molecule has 0 radical (unpaired) electrons. The number of nitrogens with one attached hydrogen (secondary N) is 1. The Labute approximate surface area is 284 Å². The fraction of sp³-hybridized carbons (Fsp3) is 0.235. The Hall–Kier alpha value is -4.76. The molecule has 1 unspecified atom stereocenters. The highest BCUT2D eigenvalue weighted by Crippen LogP contribution is 2.39. The molecule has 0 fully saturated rings. The highest BCUT2D eigenvalue weighted by Gasteiger charge is 2.37. The summed E-state index contributed by atoms with van der Waals surface area (Å²) in [6.07, 6.45) is -14.2. The summed E-state index contributed by atoms with van der Waals surface area (Å²) in [7, 11) is 1.47. The molecule has 4 aromatic rings. The van der Waals surface area contributed by atoms with E-state index in [1.165, 1.54) is 31.4 Å². The maximum atomic E-state index is 12.8. The van der Waals surface area contributed by atoms with Crippen LogP contribution in [0.5, 0.6) is 5.75 Å². The number of carbonyl (C=O) groups is 2. The van der Waals surface area contributed by atoms with Gasteiger partial charge in [0.1, 0.15) is 12.4 Å². The van der Waals surface area contributed by atoms with Crippen LogP contribution in [0.25, 0.3) is 22.3 Å². The minimum atomic E-state index is -4.87. The summed E-state index contributed by atoms with van der Waals surface area (Å²) < 4.78 is 124. The van der Waals surface area contributed by atoms with Gasteiger partial charge in [0.05, 0.1) is 29.4 Å². The number of carboxylic acid groups (broad SMARTS) is 1. The predicted octanol–water partition coefficient (Wildman–Crippen LogP) is 9.77. The van der Waals surface area contributed by atoms with Crippen LogP contribution in [0.2, 0.25) is 5.02 Å². The largest absolute Gasteiger partial charge is 0.496 e. The van der Waals surface area contributed by atoms with Crippen molar-refractivity contribution in [3.63, 3.8) is 0 Å². The Kier molecular flexibility index (Phi) is 12.9. The van der Waals surface area contributed by atoms with Crippen LogP contribution in [-0.2, 0) is 34.6 Å². The van der Waals surface area contributed by atoms with E-state index in [-0.39, 0.29) is 41.8 Å². The number of hydrogen-bond acceptors (Lipinski definition) is 5. The van der Waals surface area contributed by atoms with Crippen molar-refractivity contribution >= 4 is 24.0 Å². The summed E-state index contributed by atoms with van der Waals surface area (Å²) in [5.41, 5.74) is -1.16. The van der Waals surface area contributed by atoms with Gasteiger partial charge in [0.25, 0.3) is 6.47 Å². The van der Waals surface area contributed by atoms with Crippen LogP contribution >= 0.6 is 11.6 Å². The molecule has 0 heterocycles. The molecule has 4 rings (SSSR count). The quantitative estimate of drug-likeness (QED) is 0.125. The lowest BCUT2D eigenvalue weighted by atomic mass is 9.96. The van der Waals surface area contributed by atoms with Gasteiger partial charge in [-0.1, -0.05) is 35.9 Å². The van der Waals surface area contributed by atoms with Crippen LogP contribution in [0.4, 0.5) is 39.5 Å². The summed E-state index contributed by atoms with van der Waals surface area (Å²) in [6, 6.07) is 15.3. The van der Waals surface area contributed by atoms with E-state index in [1.807, 2.05) is 0 Å². The van der Waals surface area contributed by atoms with E-state index in [0.717, 1.165) is 12.1 Å². The topological polar surface area (TPSA) is 84.9 Å². The molecule has 0 aliphatic carbocycles. The van der Waals surface area contributed by atoms with Crippen molar-refractivity contribution in [2.75, 3.05) is 13.7 Å². The van der Waals surface area contributed by atoms with Gasteiger partial charge >= 0.3 is 24.5 Å². The molecule has 0 saturated heterocycles. The van der Waals surface area contributed by atoms with E-state index in [1.54, 1.807) is 31.2 Å². The lowest BCUT2D eigenvalue weighted by Gasteiger charge is -2.16. The van der Waals surface area contributed by atoms with Gasteiger partial charge in [-0.05, 0) is 78.2 Å². The number of carbonyl (C=O) groups excluding carboxylic acids is 1. The second-order valence-corrected chi connectivity index (χ2v) is 11.0. The highest BCUT2D eigenvalue weighted by molar-refractivity contribution is 6.33. The first-order valence-corrected chi connectivity index (χ1v) is 14.6. The molecule has 0 aliphatic heterocycles. The molecule has 0 amide bonds. The van der Waals surface area contributed by atoms with E-state index in [9.17, 15) is 49.1 Å². The SMILES string of the molecule is CC(COC=O)NCc1cc(C(F)(F)F)cc(C(F)(F)F)c1.COc1ccc(-c2ccc(C(=O)O)cc2Cl)cc1-c1ccc(C(F)(F)F)cc1. The Morgan fingerprint density at radius 1 is 0.780 bits per heavy atom. The van der Waals surface area contributed by atoms with Crippen LogP contribution in [-0.4, -0.2) is 37.3 Å². The number of carboxylic acids is 1. The lowest BCUT2D eigenvalue weighted by molar-refractivity contribution is -0.143. The molecule has 0 aliphatic rings. The summed E-state index contributed by atoms with van der Waals surface area (Å²) in [5.74, 6) is -0.601. The van der Waals surface area contributed by atoms with Crippen LogP contribution in [0.3, 0.4) is 0 Å². The first kappa shape index (κ1) is 39.7. The Bertz CT molecular complexity index is 1760. The van der Waals surface area contributed by atoms with E-state index >= 15 is 0 Å². The van der Waals surface area contributed by atoms with Crippen molar-refractivity contribution in [1.82, 2.24) is 5.32 Å². The maximum absolute atomic E-state index is 12.8. The standard InChI is InChI=1S/C21H14ClF3O3.C13H13F6NO2/c1-28-19-9-5-13(16-8-4-14(20(26)27)11-18(16)22)10-17(19)12-2-6-15(7-3-12)21(23,24)25;1-8(6-22-7-21)20-5-9-2-10(12(14,15)16)4-11(3-9)13(17,18)19/h2-11H,1H3,(H,26,27);2-4,7-8,20H,5-6H2,1H3. The van der Waals surface area contributed by atoms with Crippen molar-refractivity contribution in [3.8, 4) is 28.0 Å². The first-order valence-electron chi connectivity index (χ1n) is 14.2. The number of benzene rings is 4. The summed E-state index contributed by atoms with van der Waals surface area (Å²) >= 11 is 6.23. The van der Waals surface area contributed by atoms with Gasteiger partial charge in [-0.3, -0.25) is 4.79 Å². The van der Waals surface area contributed by atoms with Crippen molar-refractivity contribution < 1.29 is 63.7 Å². The van der Waals surface area contributed by atoms with Crippen molar-refractivity contribution in [3.05, 3.63) is 112 Å². The van der Waals surface area contributed by atoms with Crippen LogP contribution < -0.4 is 10.1 Å². The second kappa shape index (κ2) is 16.3. The maximum Gasteiger partial charge on any atom is 0.416 e. The lowest BCUT2D eigenvalue weighted by Crippen LogP contribution is -2.30. The number of rotatable bonds is 10. The number of methoxy groups -OCH3 is 1. The Morgan fingerprint density at radius 2 is 1.34 bits per heavy atom. The van der Waals surface area contributed by atoms with Gasteiger partial charge in [0.15, 0.2) is 0 Å². The fourth-order valence-electron chi connectivity index (χ4n) is 4.48. The Morgan fingerprint density at radius 3 is 1.82 bits per heavy atom. The van der Waals surface area contributed by atoms with Gasteiger partial charge in [0.2, 0.25) is 0 Å². The molecule has 0 aromatic heterocycles. The van der Waals surface area contributed by atoms with Crippen LogP contribution in [0.15, 0.2) is 78.9 Å². The van der Waals surface area contributed by atoms with E-state index in [2.05, 4.69) is 10.1 Å². The van der Waals surface area contributed by atoms with Crippen molar-refractivity contribution in [2.24, 2.45) is 0 Å². The third-order valence-corrected chi connectivity index (χ3v) is 7.28. The zero-order chi connectivity index (χ0) is 37.4. The molecule has 50 heavy (non-hydrogen) atoms. The molecule has 0 bridgehead atoms. The minimum absolute atomic E-state index is 0.0470. The molecule has 4 aromatic carbocycles. The monoisotopic (exact) mass is 735 g/mol. The number of alkyl halides is 9. The van der Waals surface area contributed by atoms with Crippen LogP contribution in [0.1, 0.15) is 39.5 Å². The third-order valence-electron chi connectivity index (χ3n) is 6.97. The van der Waals surface area contributed by atoms with E-state index < -0.39 is 47.2 Å². The summed E-state index contributed by atoms with van der Waals surface area (Å²) in [4.78, 5) is 21.1. The smallest absolute Gasteiger partial charge is 0.416 e. The van der Waals surface area contributed by atoms with Gasteiger partial charge < -0.3 is 19.9 Å². The molecular weight excluding hydrogens is 709 g/mol. The fourth-order valence-corrected chi connectivity index (χ4v) is 4.77.